The van der Waals surface area contributed by atoms with Gasteiger partial charge in [-0.25, -0.2) is 0 Å². The van der Waals surface area contributed by atoms with Gasteiger partial charge < -0.3 is 16.2 Å². The smallest absolute Gasteiger partial charge is 0.238 e. The Labute approximate surface area is 89.1 Å². The van der Waals surface area contributed by atoms with E-state index in [-0.39, 0.29) is 19.1 Å². The number of rotatable bonds is 5. The minimum Gasteiger partial charge on any atom is -0.396 e. The molecule has 4 nitrogen and oxygen atoms in total. The molecule has 15 heavy (non-hydrogen) atoms. The molecule has 0 aliphatic rings. The number of hydrogen-bond donors (Lipinski definition) is 3. The zero-order valence-corrected chi connectivity index (χ0v) is 8.57. The van der Waals surface area contributed by atoms with Gasteiger partial charge in [0.1, 0.15) is 0 Å². The Morgan fingerprint density at radius 3 is 2.93 bits per heavy atom. The van der Waals surface area contributed by atoms with E-state index < -0.39 is 0 Å². The van der Waals surface area contributed by atoms with E-state index in [1.807, 2.05) is 24.3 Å². The average molecular weight is 208 g/mol. The van der Waals surface area contributed by atoms with E-state index in [0.717, 1.165) is 24.1 Å². The van der Waals surface area contributed by atoms with E-state index in [0.29, 0.717) is 0 Å². The highest BCUT2D eigenvalue weighted by atomic mass is 16.2. The van der Waals surface area contributed by atoms with Crippen LogP contribution < -0.4 is 11.1 Å². The van der Waals surface area contributed by atoms with Crippen LogP contribution in [0.15, 0.2) is 24.3 Å². The fraction of sp³-hybridized carbons (Fsp3) is 0.364. The van der Waals surface area contributed by atoms with Crippen LogP contribution in [0.25, 0.3) is 0 Å². The first-order valence-electron chi connectivity index (χ1n) is 4.96. The fourth-order valence-corrected chi connectivity index (χ4v) is 1.30. The maximum Gasteiger partial charge on any atom is 0.238 e. The molecule has 0 saturated carbocycles. The number of nitrogens with one attached hydrogen (secondary N) is 1. The van der Waals surface area contributed by atoms with Crippen molar-refractivity contribution in [1.82, 2.24) is 0 Å². The molecule has 0 aromatic heterocycles. The van der Waals surface area contributed by atoms with Gasteiger partial charge in [0, 0.05) is 12.3 Å². The maximum absolute atomic E-state index is 11.0. The van der Waals surface area contributed by atoms with Crippen molar-refractivity contribution in [2.45, 2.75) is 12.8 Å². The summed E-state index contributed by atoms with van der Waals surface area (Å²) in [7, 11) is 0. The molecule has 0 aliphatic carbocycles. The van der Waals surface area contributed by atoms with Gasteiger partial charge in [0.05, 0.1) is 6.54 Å². The molecule has 0 heterocycles. The predicted octanol–water partition coefficient (Wildman–Crippen LogP) is 0.509. The molecule has 0 unspecified atom stereocenters. The van der Waals surface area contributed by atoms with Crippen molar-refractivity contribution in [3.05, 3.63) is 29.8 Å². The van der Waals surface area contributed by atoms with Gasteiger partial charge in [-0.3, -0.25) is 4.79 Å². The molecule has 1 amide bonds. The number of carbonyl (C=O) groups excluding carboxylic acids is 1. The molecule has 0 spiro atoms. The molecule has 0 fully saturated rings. The second-order valence-corrected chi connectivity index (χ2v) is 3.28. The zero-order valence-electron chi connectivity index (χ0n) is 8.57. The van der Waals surface area contributed by atoms with Crippen molar-refractivity contribution in [1.29, 1.82) is 0 Å². The van der Waals surface area contributed by atoms with Crippen molar-refractivity contribution in [3.8, 4) is 0 Å². The number of aliphatic hydroxyl groups is 1. The molecular weight excluding hydrogens is 192 g/mol. The molecule has 0 saturated heterocycles. The van der Waals surface area contributed by atoms with Crippen molar-refractivity contribution in [3.63, 3.8) is 0 Å². The maximum atomic E-state index is 11.0. The summed E-state index contributed by atoms with van der Waals surface area (Å²) in [6.07, 6.45) is 1.54. The Hall–Kier alpha value is -1.39. The lowest BCUT2D eigenvalue weighted by atomic mass is 10.1. The fourth-order valence-electron chi connectivity index (χ4n) is 1.30. The Morgan fingerprint density at radius 2 is 2.27 bits per heavy atom. The van der Waals surface area contributed by atoms with Crippen molar-refractivity contribution < 1.29 is 9.90 Å². The molecule has 0 aliphatic heterocycles. The van der Waals surface area contributed by atoms with Crippen LogP contribution in [0.3, 0.4) is 0 Å². The van der Waals surface area contributed by atoms with Gasteiger partial charge in [-0.05, 0) is 30.5 Å². The number of nitrogens with two attached hydrogens (primary N) is 1. The zero-order chi connectivity index (χ0) is 11.1. The van der Waals surface area contributed by atoms with Crippen molar-refractivity contribution in [2.24, 2.45) is 5.73 Å². The summed E-state index contributed by atoms with van der Waals surface area (Å²) in [6, 6.07) is 7.55. The highest BCUT2D eigenvalue weighted by Gasteiger charge is 1.99. The van der Waals surface area contributed by atoms with Crippen LogP contribution in [0.5, 0.6) is 0 Å². The summed E-state index contributed by atoms with van der Waals surface area (Å²) in [5, 5.41) is 11.4. The number of carbonyl (C=O) groups is 1. The Bertz CT molecular complexity index is 326. The molecule has 1 aromatic rings. The number of hydrogen-bond acceptors (Lipinski definition) is 3. The Balaban J connectivity index is 2.61. The molecule has 0 atom stereocenters. The first-order chi connectivity index (χ1) is 7.26. The summed E-state index contributed by atoms with van der Waals surface area (Å²) in [5.41, 5.74) is 7.04. The molecule has 1 rings (SSSR count). The number of aliphatic hydroxyl groups excluding tert-OH is 1. The molecule has 82 valence electrons. The molecular formula is C11H16N2O2. The summed E-state index contributed by atoms with van der Waals surface area (Å²) < 4.78 is 0. The third kappa shape index (κ3) is 4.10. The number of amides is 1. The lowest BCUT2D eigenvalue weighted by Crippen LogP contribution is -2.21. The topological polar surface area (TPSA) is 75.4 Å². The molecule has 4 N–H and O–H groups in total. The van der Waals surface area contributed by atoms with E-state index in [1.165, 1.54) is 0 Å². The number of anilines is 1. The minimum atomic E-state index is -0.200. The summed E-state index contributed by atoms with van der Waals surface area (Å²) in [4.78, 5) is 11.0. The van der Waals surface area contributed by atoms with Crippen LogP contribution in [-0.4, -0.2) is 24.2 Å². The van der Waals surface area contributed by atoms with Gasteiger partial charge in [-0.1, -0.05) is 12.1 Å². The predicted molar refractivity (Wildman–Crippen MR) is 59.5 cm³/mol. The normalized spacial score (nSPS) is 10.0. The number of aryl methyl sites for hydroxylation is 1. The third-order valence-electron chi connectivity index (χ3n) is 2.02. The molecule has 1 aromatic carbocycles. The summed E-state index contributed by atoms with van der Waals surface area (Å²) >= 11 is 0. The Kier molecular flexibility index (Phi) is 4.80. The van der Waals surface area contributed by atoms with Crippen LogP contribution in [0, 0.1) is 0 Å². The van der Waals surface area contributed by atoms with Crippen molar-refractivity contribution in [2.75, 3.05) is 18.5 Å². The summed E-state index contributed by atoms with van der Waals surface area (Å²) in [5.74, 6) is -0.200. The van der Waals surface area contributed by atoms with E-state index in [1.54, 1.807) is 0 Å². The van der Waals surface area contributed by atoms with Crippen LogP contribution in [0.4, 0.5) is 5.69 Å². The SMILES string of the molecule is NCC(=O)Nc1cccc(CCCO)c1. The van der Waals surface area contributed by atoms with Gasteiger partial charge in [-0.15, -0.1) is 0 Å². The largest absolute Gasteiger partial charge is 0.396 e. The Morgan fingerprint density at radius 1 is 1.47 bits per heavy atom. The second-order valence-electron chi connectivity index (χ2n) is 3.28. The molecule has 0 radical (unpaired) electrons. The van der Waals surface area contributed by atoms with Gasteiger partial charge in [0.25, 0.3) is 0 Å². The minimum absolute atomic E-state index is 0.0130. The third-order valence-corrected chi connectivity index (χ3v) is 2.02. The van der Waals surface area contributed by atoms with Crippen LogP contribution in [0.2, 0.25) is 0 Å². The van der Waals surface area contributed by atoms with Crippen molar-refractivity contribution >= 4 is 11.6 Å². The summed E-state index contributed by atoms with van der Waals surface area (Å²) in [6.45, 7) is 0.167. The highest BCUT2D eigenvalue weighted by molar-refractivity contribution is 5.92. The van der Waals surface area contributed by atoms with E-state index in [9.17, 15) is 4.79 Å². The molecule has 4 heteroatoms. The van der Waals surface area contributed by atoms with E-state index in [2.05, 4.69) is 5.32 Å². The first-order valence-corrected chi connectivity index (χ1v) is 4.96. The van der Waals surface area contributed by atoms with E-state index >= 15 is 0 Å². The lowest BCUT2D eigenvalue weighted by Gasteiger charge is -2.05. The lowest BCUT2D eigenvalue weighted by molar-refractivity contribution is -0.114. The highest BCUT2D eigenvalue weighted by Crippen LogP contribution is 2.11. The van der Waals surface area contributed by atoms with Crippen LogP contribution in [-0.2, 0) is 11.2 Å². The van der Waals surface area contributed by atoms with Gasteiger partial charge in [-0.2, -0.15) is 0 Å². The average Bonchev–Trinajstić information content (AvgIpc) is 2.26. The standard InChI is InChI=1S/C11H16N2O2/c12-8-11(15)13-10-5-1-3-9(7-10)4-2-6-14/h1,3,5,7,14H,2,4,6,8,12H2,(H,13,15). The van der Waals surface area contributed by atoms with Gasteiger partial charge in [0.2, 0.25) is 5.91 Å². The van der Waals surface area contributed by atoms with Crippen LogP contribution in [0.1, 0.15) is 12.0 Å². The van der Waals surface area contributed by atoms with Gasteiger partial charge in [0.15, 0.2) is 0 Å². The number of benzene rings is 1. The quantitative estimate of drug-likeness (QED) is 0.660. The first kappa shape index (κ1) is 11.7. The van der Waals surface area contributed by atoms with Gasteiger partial charge >= 0.3 is 0 Å². The second kappa shape index (κ2) is 6.16. The monoisotopic (exact) mass is 208 g/mol. The van der Waals surface area contributed by atoms with E-state index in [4.69, 9.17) is 10.8 Å². The van der Waals surface area contributed by atoms with Crippen LogP contribution >= 0.6 is 0 Å². The molecule has 0 bridgehead atoms.